The Morgan fingerprint density at radius 3 is 2.48 bits per heavy atom. The van der Waals surface area contributed by atoms with Crippen LogP contribution in [0.1, 0.15) is 30.6 Å². The molecule has 0 saturated carbocycles. The number of carbonyl (C=O) groups excluding carboxylic acids is 2. The average Bonchev–Trinajstić information content (AvgIpc) is 2.89. The van der Waals surface area contributed by atoms with E-state index in [9.17, 15) is 9.59 Å². The summed E-state index contributed by atoms with van der Waals surface area (Å²) >= 11 is 1.52. The van der Waals surface area contributed by atoms with Gasteiger partial charge in [0.1, 0.15) is 0 Å². The van der Waals surface area contributed by atoms with Crippen LogP contribution in [0, 0.1) is 5.92 Å². The van der Waals surface area contributed by atoms with E-state index in [4.69, 9.17) is 5.73 Å². The van der Waals surface area contributed by atoms with Gasteiger partial charge in [-0.05, 0) is 24.8 Å². The summed E-state index contributed by atoms with van der Waals surface area (Å²) in [6, 6.07) is 1.70. The predicted octanol–water partition coefficient (Wildman–Crippen LogP) is 1.41. The molecule has 1 aromatic heterocycles. The van der Waals surface area contributed by atoms with Gasteiger partial charge in [0.25, 0.3) is 5.91 Å². The van der Waals surface area contributed by atoms with Crippen molar-refractivity contribution >= 4 is 23.2 Å². The van der Waals surface area contributed by atoms with Crippen LogP contribution in [0.15, 0.2) is 16.8 Å². The van der Waals surface area contributed by atoms with E-state index in [-0.39, 0.29) is 23.8 Å². The first-order valence-electron chi connectivity index (χ1n) is 7.36. The molecular formula is C15H23N3O2S. The van der Waals surface area contributed by atoms with E-state index in [1.165, 1.54) is 11.3 Å². The standard InChI is InChI=1S/C15H23N3O2S/c1-11(12(2)16)14(19)17-5-3-6-18(8-7-17)15(20)13-4-9-21-10-13/h4,9-12H,3,5-8,16H2,1-2H3. The molecule has 1 aromatic rings. The lowest BCUT2D eigenvalue weighted by atomic mass is 10.0. The molecule has 1 aliphatic heterocycles. The van der Waals surface area contributed by atoms with Gasteiger partial charge in [-0.3, -0.25) is 9.59 Å². The van der Waals surface area contributed by atoms with E-state index in [0.29, 0.717) is 26.2 Å². The molecule has 0 bridgehead atoms. The zero-order valence-electron chi connectivity index (χ0n) is 12.6. The summed E-state index contributed by atoms with van der Waals surface area (Å²) in [7, 11) is 0. The average molecular weight is 309 g/mol. The van der Waals surface area contributed by atoms with Crippen LogP contribution in [-0.2, 0) is 4.79 Å². The van der Waals surface area contributed by atoms with E-state index in [2.05, 4.69) is 0 Å². The second kappa shape index (κ2) is 7.04. The number of thiophene rings is 1. The fourth-order valence-electron chi connectivity index (χ4n) is 2.42. The van der Waals surface area contributed by atoms with Crippen molar-refractivity contribution in [1.82, 2.24) is 9.80 Å². The fourth-order valence-corrected chi connectivity index (χ4v) is 3.05. The number of hydrogen-bond donors (Lipinski definition) is 1. The molecule has 0 radical (unpaired) electrons. The molecule has 0 aromatic carbocycles. The number of rotatable bonds is 3. The first kappa shape index (κ1) is 16.0. The van der Waals surface area contributed by atoms with Crippen LogP contribution in [0.25, 0.3) is 0 Å². The minimum atomic E-state index is -0.177. The van der Waals surface area contributed by atoms with E-state index >= 15 is 0 Å². The van der Waals surface area contributed by atoms with E-state index < -0.39 is 0 Å². The minimum Gasteiger partial charge on any atom is -0.341 e. The Balaban J connectivity index is 1.96. The zero-order chi connectivity index (χ0) is 15.4. The highest BCUT2D eigenvalue weighted by molar-refractivity contribution is 7.08. The van der Waals surface area contributed by atoms with E-state index in [1.807, 2.05) is 40.5 Å². The molecule has 0 aliphatic carbocycles. The van der Waals surface area contributed by atoms with Gasteiger partial charge in [-0.1, -0.05) is 6.92 Å². The molecule has 1 aliphatic rings. The Bertz CT molecular complexity index is 487. The lowest BCUT2D eigenvalue weighted by Gasteiger charge is -2.26. The summed E-state index contributed by atoms with van der Waals surface area (Å²) in [6.07, 6.45) is 0.813. The minimum absolute atomic E-state index is 0.0609. The third-order valence-electron chi connectivity index (χ3n) is 4.04. The summed E-state index contributed by atoms with van der Waals surface area (Å²) in [5.74, 6) is -0.0234. The molecule has 6 heteroatoms. The Hall–Kier alpha value is -1.40. The van der Waals surface area contributed by atoms with Crippen LogP contribution in [0.5, 0.6) is 0 Å². The Morgan fingerprint density at radius 2 is 1.86 bits per heavy atom. The molecule has 21 heavy (non-hydrogen) atoms. The Labute approximate surface area is 129 Å². The van der Waals surface area contributed by atoms with E-state index in [0.717, 1.165) is 12.0 Å². The van der Waals surface area contributed by atoms with Crippen LogP contribution in [0.2, 0.25) is 0 Å². The smallest absolute Gasteiger partial charge is 0.254 e. The molecule has 5 nitrogen and oxygen atoms in total. The van der Waals surface area contributed by atoms with Crippen molar-refractivity contribution in [2.24, 2.45) is 11.7 Å². The number of nitrogens with two attached hydrogens (primary N) is 1. The maximum atomic E-state index is 12.3. The third-order valence-corrected chi connectivity index (χ3v) is 4.72. The number of carbonyl (C=O) groups is 2. The van der Waals surface area contributed by atoms with Crippen molar-refractivity contribution < 1.29 is 9.59 Å². The van der Waals surface area contributed by atoms with Crippen molar-refractivity contribution in [1.29, 1.82) is 0 Å². The molecule has 2 unspecified atom stereocenters. The second-order valence-corrected chi connectivity index (χ2v) is 6.41. The maximum absolute atomic E-state index is 12.3. The van der Waals surface area contributed by atoms with Gasteiger partial charge in [0.2, 0.25) is 5.91 Å². The quantitative estimate of drug-likeness (QED) is 0.918. The Kier molecular flexibility index (Phi) is 5.36. The summed E-state index contributed by atoms with van der Waals surface area (Å²) in [4.78, 5) is 28.4. The number of nitrogens with zero attached hydrogens (tertiary/aromatic N) is 2. The van der Waals surface area contributed by atoms with Gasteiger partial charge in [-0.15, -0.1) is 0 Å². The second-order valence-electron chi connectivity index (χ2n) is 5.63. The van der Waals surface area contributed by atoms with Crippen molar-refractivity contribution in [2.45, 2.75) is 26.3 Å². The largest absolute Gasteiger partial charge is 0.341 e. The van der Waals surface area contributed by atoms with Crippen LogP contribution in [-0.4, -0.2) is 53.8 Å². The monoisotopic (exact) mass is 309 g/mol. The molecular weight excluding hydrogens is 286 g/mol. The molecule has 116 valence electrons. The highest BCUT2D eigenvalue weighted by Crippen LogP contribution is 2.14. The SMILES string of the molecule is CC(N)C(C)C(=O)N1CCCN(C(=O)c2ccsc2)CC1. The highest BCUT2D eigenvalue weighted by atomic mass is 32.1. The lowest BCUT2D eigenvalue weighted by Crippen LogP contribution is -2.43. The molecule has 1 saturated heterocycles. The first-order chi connectivity index (χ1) is 10.0. The molecule has 2 rings (SSSR count). The summed E-state index contributed by atoms with van der Waals surface area (Å²) in [5.41, 5.74) is 6.55. The van der Waals surface area contributed by atoms with E-state index in [1.54, 1.807) is 0 Å². The summed E-state index contributed by atoms with van der Waals surface area (Å²) in [6.45, 7) is 6.30. The van der Waals surface area contributed by atoms with Gasteiger partial charge in [-0.2, -0.15) is 11.3 Å². The Morgan fingerprint density at radius 1 is 1.19 bits per heavy atom. The predicted molar refractivity (Wildman–Crippen MR) is 84.2 cm³/mol. The summed E-state index contributed by atoms with van der Waals surface area (Å²) < 4.78 is 0. The maximum Gasteiger partial charge on any atom is 0.254 e. The van der Waals surface area contributed by atoms with Gasteiger partial charge in [0.05, 0.1) is 11.5 Å². The lowest BCUT2D eigenvalue weighted by molar-refractivity contribution is -0.135. The van der Waals surface area contributed by atoms with Crippen molar-refractivity contribution in [3.05, 3.63) is 22.4 Å². The summed E-state index contributed by atoms with van der Waals surface area (Å²) in [5, 5.41) is 3.78. The zero-order valence-corrected chi connectivity index (χ0v) is 13.4. The van der Waals surface area contributed by atoms with Crippen LogP contribution in [0.4, 0.5) is 0 Å². The van der Waals surface area contributed by atoms with Gasteiger partial charge in [0, 0.05) is 37.6 Å². The van der Waals surface area contributed by atoms with Crippen LogP contribution in [0.3, 0.4) is 0 Å². The number of hydrogen-bond acceptors (Lipinski definition) is 4. The fraction of sp³-hybridized carbons (Fsp3) is 0.600. The molecule has 1 fully saturated rings. The van der Waals surface area contributed by atoms with Crippen molar-refractivity contribution in [3.63, 3.8) is 0 Å². The van der Waals surface area contributed by atoms with Gasteiger partial charge >= 0.3 is 0 Å². The molecule has 2 heterocycles. The van der Waals surface area contributed by atoms with Crippen molar-refractivity contribution in [2.75, 3.05) is 26.2 Å². The van der Waals surface area contributed by atoms with Crippen LogP contribution < -0.4 is 5.73 Å². The molecule has 2 N–H and O–H groups in total. The third kappa shape index (κ3) is 3.83. The van der Waals surface area contributed by atoms with Crippen molar-refractivity contribution in [3.8, 4) is 0 Å². The highest BCUT2D eigenvalue weighted by Gasteiger charge is 2.27. The van der Waals surface area contributed by atoms with Gasteiger partial charge in [0.15, 0.2) is 0 Å². The van der Waals surface area contributed by atoms with Gasteiger partial charge in [-0.25, -0.2) is 0 Å². The first-order valence-corrected chi connectivity index (χ1v) is 8.31. The topological polar surface area (TPSA) is 66.6 Å². The number of amides is 2. The molecule has 2 atom stereocenters. The van der Waals surface area contributed by atoms with Gasteiger partial charge < -0.3 is 15.5 Å². The van der Waals surface area contributed by atoms with Crippen LogP contribution >= 0.6 is 11.3 Å². The molecule has 2 amide bonds. The normalized spacial score (nSPS) is 19.0. The molecule has 0 spiro atoms.